The van der Waals surface area contributed by atoms with Crippen molar-refractivity contribution in [1.29, 1.82) is 0 Å². The number of nitrogens with zero attached hydrogens (tertiary/aromatic N) is 4. The summed E-state index contributed by atoms with van der Waals surface area (Å²) in [5.41, 5.74) is 2.88. The molecule has 2 aromatic carbocycles. The smallest absolute Gasteiger partial charge is 0.251 e. The molecular weight excluding hydrogens is 402 g/mol. The molecule has 7 heteroatoms. The van der Waals surface area contributed by atoms with Crippen molar-refractivity contribution in [2.75, 3.05) is 19.6 Å². The van der Waals surface area contributed by atoms with Gasteiger partial charge in [-0.05, 0) is 48.4 Å². The van der Waals surface area contributed by atoms with Crippen LogP contribution in [0.2, 0.25) is 0 Å². The summed E-state index contributed by atoms with van der Waals surface area (Å²) in [5, 5.41) is 7.12. The Morgan fingerprint density at radius 2 is 1.81 bits per heavy atom. The molecule has 166 valence electrons. The van der Waals surface area contributed by atoms with Gasteiger partial charge >= 0.3 is 0 Å². The van der Waals surface area contributed by atoms with Crippen LogP contribution in [0.1, 0.15) is 36.0 Å². The Hall–Kier alpha value is -3.48. The first kappa shape index (κ1) is 21.7. The third-order valence-electron chi connectivity index (χ3n) is 5.92. The van der Waals surface area contributed by atoms with E-state index in [1.165, 1.54) is 6.33 Å². The van der Waals surface area contributed by atoms with E-state index in [0.29, 0.717) is 31.6 Å². The number of benzene rings is 2. The maximum Gasteiger partial charge on any atom is 0.251 e. The Bertz CT molecular complexity index is 1000. The van der Waals surface area contributed by atoms with E-state index in [1.54, 1.807) is 11.0 Å². The zero-order chi connectivity index (χ0) is 22.2. The molecule has 1 aromatic heterocycles. The van der Waals surface area contributed by atoms with Gasteiger partial charge in [-0.25, -0.2) is 4.98 Å². The second-order valence-electron chi connectivity index (χ2n) is 8.26. The van der Waals surface area contributed by atoms with Crippen LogP contribution in [-0.2, 0) is 11.3 Å². The Morgan fingerprint density at radius 1 is 1.03 bits per heavy atom. The van der Waals surface area contributed by atoms with Crippen LogP contribution in [-0.4, -0.2) is 51.1 Å². The molecule has 1 atom stereocenters. The molecule has 1 aliphatic heterocycles. The molecule has 7 nitrogen and oxygen atoms in total. The molecule has 32 heavy (non-hydrogen) atoms. The van der Waals surface area contributed by atoms with Gasteiger partial charge in [0.05, 0.1) is 0 Å². The summed E-state index contributed by atoms with van der Waals surface area (Å²) in [5.74, 6) is 0.397. The molecule has 0 spiro atoms. The van der Waals surface area contributed by atoms with Gasteiger partial charge in [0, 0.05) is 38.2 Å². The third kappa shape index (κ3) is 5.81. The van der Waals surface area contributed by atoms with E-state index in [0.717, 1.165) is 36.9 Å². The lowest BCUT2D eigenvalue weighted by Crippen LogP contribution is -2.43. The highest BCUT2D eigenvalue weighted by Crippen LogP contribution is 2.20. The van der Waals surface area contributed by atoms with Crippen LogP contribution < -0.4 is 5.32 Å². The van der Waals surface area contributed by atoms with Crippen LogP contribution in [0.3, 0.4) is 0 Å². The Balaban J connectivity index is 1.22. The minimum Gasteiger partial charge on any atom is -0.352 e. The highest BCUT2D eigenvalue weighted by atomic mass is 16.2. The SMILES string of the molecule is O=C(NC[C@H]1CCCN(C(=O)CCCn2cncn2)C1)c1ccc(-c2ccccc2)cc1. The number of carbonyl (C=O) groups is 2. The molecule has 4 rings (SSSR count). The summed E-state index contributed by atoms with van der Waals surface area (Å²) in [6.07, 6.45) is 6.42. The molecule has 1 N–H and O–H groups in total. The molecule has 0 radical (unpaired) electrons. The summed E-state index contributed by atoms with van der Waals surface area (Å²) in [6.45, 7) is 2.78. The number of nitrogens with one attached hydrogen (secondary N) is 1. The van der Waals surface area contributed by atoms with Gasteiger partial charge in [-0.3, -0.25) is 14.3 Å². The van der Waals surface area contributed by atoms with Crippen molar-refractivity contribution in [2.24, 2.45) is 5.92 Å². The summed E-state index contributed by atoms with van der Waals surface area (Å²) < 4.78 is 1.74. The predicted molar refractivity (Wildman–Crippen MR) is 123 cm³/mol. The van der Waals surface area contributed by atoms with Gasteiger partial charge in [-0.2, -0.15) is 5.10 Å². The highest BCUT2D eigenvalue weighted by molar-refractivity contribution is 5.94. The molecule has 0 saturated carbocycles. The van der Waals surface area contributed by atoms with Crippen molar-refractivity contribution in [3.05, 3.63) is 72.8 Å². The summed E-state index contributed by atoms with van der Waals surface area (Å²) in [4.78, 5) is 31.0. The van der Waals surface area contributed by atoms with E-state index in [-0.39, 0.29) is 17.7 Å². The van der Waals surface area contributed by atoms with Gasteiger partial charge < -0.3 is 10.2 Å². The number of aromatic nitrogens is 3. The van der Waals surface area contributed by atoms with Crippen molar-refractivity contribution < 1.29 is 9.59 Å². The Labute approximate surface area is 188 Å². The standard InChI is InChI=1S/C25H29N5O2/c31-24(9-5-15-30-19-26-18-28-30)29-14-4-6-20(17-29)16-27-25(32)23-12-10-22(11-13-23)21-7-2-1-3-8-21/h1-3,7-8,10-13,18-20H,4-6,9,14-17H2,(H,27,32)/t20-/m1/s1. The van der Waals surface area contributed by atoms with Gasteiger partial charge in [0.25, 0.3) is 5.91 Å². The molecule has 2 amide bonds. The van der Waals surface area contributed by atoms with Crippen LogP contribution in [0, 0.1) is 5.92 Å². The van der Waals surface area contributed by atoms with Crippen LogP contribution >= 0.6 is 0 Å². The minimum absolute atomic E-state index is 0.0686. The molecule has 0 bridgehead atoms. The van der Waals surface area contributed by atoms with E-state index in [9.17, 15) is 9.59 Å². The monoisotopic (exact) mass is 431 g/mol. The number of carbonyl (C=O) groups excluding carboxylic acids is 2. The number of piperidine rings is 1. The van der Waals surface area contributed by atoms with Gasteiger partial charge in [-0.1, -0.05) is 42.5 Å². The zero-order valence-electron chi connectivity index (χ0n) is 18.2. The van der Waals surface area contributed by atoms with Crippen LogP contribution in [0.15, 0.2) is 67.3 Å². The molecular formula is C25H29N5O2. The van der Waals surface area contributed by atoms with Gasteiger partial charge in [0.1, 0.15) is 12.7 Å². The van der Waals surface area contributed by atoms with E-state index >= 15 is 0 Å². The maximum atomic E-state index is 12.6. The normalized spacial score (nSPS) is 16.0. The predicted octanol–water partition coefficient (Wildman–Crippen LogP) is 3.39. The lowest BCUT2D eigenvalue weighted by atomic mass is 9.97. The Kier molecular flexibility index (Phi) is 7.27. The highest BCUT2D eigenvalue weighted by Gasteiger charge is 2.23. The fourth-order valence-corrected chi connectivity index (χ4v) is 4.14. The first-order valence-electron chi connectivity index (χ1n) is 11.2. The van der Waals surface area contributed by atoms with Gasteiger partial charge in [0.15, 0.2) is 0 Å². The second-order valence-corrected chi connectivity index (χ2v) is 8.26. The number of hydrogen-bond donors (Lipinski definition) is 1. The zero-order valence-corrected chi connectivity index (χ0v) is 18.2. The molecule has 0 unspecified atom stereocenters. The van der Waals surface area contributed by atoms with Crippen LogP contribution in [0.4, 0.5) is 0 Å². The summed E-state index contributed by atoms with van der Waals surface area (Å²) in [6, 6.07) is 17.8. The van der Waals surface area contributed by atoms with Crippen molar-refractivity contribution >= 4 is 11.8 Å². The summed E-state index contributed by atoms with van der Waals surface area (Å²) in [7, 11) is 0. The third-order valence-corrected chi connectivity index (χ3v) is 5.92. The average Bonchev–Trinajstić information content (AvgIpc) is 3.37. The van der Waals surface area contributed by atoms with Gasteiger partial charge in [0.2, 0.25) is 5.91 Å². The number of aryl methyl sites for hydroxylation is 1. The lowest BCUT2D eigenvalue weighted by molar-refractivity contribution is -0.133. The van der Waals surface area contributed by atoms with E-state index < -0.39 is 0 Å². The van der Waals surface area contributed by atoms with Crippen molar-refractivity contribution in [3.63, 3.8) is 0 Å². The molecule has 1 aliphatic rings. The van der Waals surface area contributed by atoms with E-state index in [2.05, 4.69) is 27.5 Å². The lowest BCUT2D eigenvalue weighted by Gasteiger charge is -2.33. The molecule has 2 heterocycles. The molecule has 3 aromatic rings. The quantitative estimate of drug-likeness (QED) is 0.593. The number of hydrogen-bond acceptors (Lipinski definition) is 4. The number of likely N-dealkylation sites (tertiary alicyclic amines) is 1. The molecule has 0 aliphatic carbocycles. The topological polar surface area (TPSA) is 80.1 Å². The Morgan fingerprint density at radius 3 is 2.56 bits per heavy atom. The van der Waals surface area contributed by atoms with Crippen molar-refractivity contribution in [1.82, 2.24) is 25.0 Å². The minimum atomic E-state index is -0.0686. The first-order chi connectivity index (χ1) is 15.7. The van der Waals surface area contributed by atoms with Crippen molar-refractivity contribution in [3.8, 4) is 11.1 Å². The molecule has 1 fully saturated rings. The van der Waals surface area contributed by atoms with E-state index in [1.807, 2.05) is 47.4 Å². The van der Waals surface area contributed by atoms with Crippen molar-refractivity contribution in [2.45, 2.75) is 32.2 Å². The molecule has 1 saturated heterocycles. The summed E-state index contributed by atoms with van der Waals surface area (Å²) >= 11 is 0. The number of amides is 2. The van der Waals surface area contributed by atoms with E-state index in [4.69, 9.17) is 0 Å². The van der Waals surface area contributed by atoms with Gasteiger partial charge in [-0.15, -0.1) is 0 Å². The fourth-order valence-electron chi connectivity index (χ4n) is 4.14. The largest absolute Gasteiger partial charge is 0.352 e. The average molecular weight is 432 g/mol. The second kappa shape index (κ2) is 10.7. The fraction of sp³-hybridized carbons (Fsp3) is 0.360. The van der Waals surface area contributed by atoms with Crippen LogP contribution in [0.25, 0.3) is 11.1 Å². The first-order valence-corrected chi connectivity index (χ1v) is 11.2. The maximum absolute atomic E-state index is 12.6. The number of rotatable bonds is 8. The van der Waals surface area contributed by atoms with Crippen LogP contribution in [0.5, 0.6) is 0 Å².